The molecule has 0 N–H and O–H groups in total. The zero-order valence-electron chi connectivity index (χ0n) is 14.8. The molecule has 1 amide bonds. The number of furan rings is 1. The number of carbonyl (C=O) groups excluding carboxylic acids is 1. The molecule has 3 aromatic rings. The number of nitrogens with zero attached hydrogens (tertiary/aromatic N) is 4. The third-order valence-corrected chi connectivity index (χ3v) is 4.87. The molecule has 0 radical (unpaired) electrons. The zero-order chi connectivity index (χ0) is 19.1. The average molecular weight is 403 g/mol. The summed E-state index contributed by atoms with van der Waals surface area (Å²) in [6.45, 7) is 3.29. The van der Waals surface area contributed by atoms with Gasteiger partial charge in [0.25, 0.3) is 0 Å². The summed E-state index contributed by atoms with van der Waals surface area (Å²) in [5.74, 6) is 1.24. The molecule has 2 aromatic heterocycles. The topological polar surface area (TPSA) is 81.3 Å². The van der Waals surface area contributed by atoms with Gasteiger partial charge in [-0.2, -0.15) is 4.98 Å². The van der Waals surface area contributed by atoms with Gasteiger partial charge in [-0.3, -0.25) is 9.69 Å². The van der Waals surface area contributed by atoms with Crippen molar-refractivity contribution in [1.29, 1.82) is 0 Å². The molecule has 1 aliphatic heterocycles. The second kappa shape index (κ2) is 6.86. The predicted molar refractivity (Wildman–Crippen MR) is 102 cm³/mol. The lowest BCUT2D eigenvalue weighted by atomic mass is 10.1. The molecule has 0 unspecified atom stereocenters. The van der Waals surface area contributed by atoms with Gasteiger partial charge in [-0.05, 0) is 43.5 Å². The van der Waals surface area contributed by atoms with Crippen molar-refractivity contribution in [2.24, 2.45) is 0 Å². The molecule has 27 heavy (non-hydrogen) atoms. The van der Waals surface area contributed by atoms with Crippen molar-refractivity contribution in [2.75, 3.05) is 11.2 Å². The number of ether oxygens (including phenoxy) is 1. The van der Waals surface area contributed by atoms with Crippen molar-refractivity contribution in [2.45, 2.75) is 25.2 Å². The molecule has 0 saturated heterocycles. The number of halogens is 1. The quantitative estimate of drug-likeness (QED) is 0.592. The number of amides is 1. The highest BCUT2D eigenvalue weighted by Gasteiger charge is 2.36. The number of aryl methyl sites for hydroxylation is 1. The molecule has 7 nitrogen and oxygen atoms in total. The molecular weight excluding hydrogens is 388 g/mol. The van der Waals surface area contributed by atoms with Gasteiger partial charge in [-0.25, -0.2) is 0 Å². The summed E-state index contributed by atoms with van der Waals surface area (Å²) in [7, 11) is 0. The summed E-state index contributed by atoms with van der Waals surface area (Å²) in [4.78, 5) is 18.5. The van der Waals surface area contributed by atoms with E-state index in [9.17, 15) is 4.79 Å². The monoisotopic (exact) mass is 402 g/mol. The van der Waals surface area contributed by atoms with E-state index in [-0.39, 0.29) is 11.8 Å². The fraction of sp³-hybridized carbons (Fsp3) is 0.222. The van der Waals surface area contributed by atoms with Crippen LogP contribution in [0.5, 0.6) is 5.88 Å². The fourth-order valence-electron chi connectivity index (χ4n) is 2.93. The molecule has 9 heteroatoms. The van der Waals surface area contributed by atoms with Gasteiger partial charge in [0.1, 0.15) is 5.76 Å². The molecule has 1 atom stereocenters. The average Bonchev–Trinajstić information content (AvgIpc) is 3.02. The summed E-state index contributed by atoms with van der Waals surface area (Å²) in [6.07, 6.45) is 1.02. The Morgan fingerprint density at radius 3 is 2.74 bits per heavy atom. The Balaban J connectivity index is 2.00. The van der Waals surface area contributed by atoms with Crippen LogP contribution in [-0.4, -0.2) is 27.3 Å². The molecule has 3 heterocycles. The molecule has 1 aromatic carbocycles. The van der Waals surface area contributed by atoms with E-state index in [1.54, 1.807) is 24.3 Å². The summed E-state index contributed by atoms with van der Waals surface area (Å²) in [5, 5.41) is 9.35. The van der Waals surface area contributed by atoms with E-state index in [4.69, 9.17) is 20.8 Å². The number of benzene rings is 1. The maximum absolute atomic E-state index is 12.6. The van der Waals surface area contributed by atoms with Gasteiger partial charge in [0.05, 0.1) is 5.69 Å². The summed E-state index contributed by atoms with van der Waals surface area (Å²) < 4.78 is 11.9. The van der Waals surface area contributed by atoms with Crippen LogP contribution in [0.25, 0.3) is 11.3 Å². The molecule has 0 bridgehead atoms. The molecule has 1 aliphatic rings. The second-order valence-electron chi connectivity index (χ2n) is 5.92. The van der Waals surface area contributed by atoms with E-state index in [1.807, 2.05) is 19.2 Å². The van der Waals surface area contributed by atoms with Crippen LogP contribution in [0.3, 0.4) is 0 Å². The van der Waals surface area contributed by atoms with Crippen molar-refractivity contribution in [1.82, 2.24) is 15.2 Å². The van der Waals surface area contributed by atoms with Crippen LogP contribution in [-0.2, 0) is 4.79 Å². The zero-order valence-corrected chi connectivity index (χ0v) is 16.3. The first-order chi connectivity index (χ1) is 13.0. The van der Waals surface area contributed by atoms with Gasteiger partial charge < -0.3 is 9.15 Å². The standard InChI is InChI=1S/C18H15ClN4O3S/c1-9-4-7-14(25-9)17-23(10(2)24)13-6-5-11(19)8-12(13)15-16(26-17)20-18(27-3)22-21-15/h4-8,17H,1-3H3/t17-/m0/s1. The maximum Gasteiger partial charge on any atom is 0.247 e. The van der Waals surface area contributed by atoms with E-state index in [2.05, 4.69) is 15.2 Å². The van der Waals surface area contributed by atoms with Crippen LogP contribution < -0.4 is 9.64 Å². The number of aromatic nitrogens is 3. The number of fused-ring (bicyclic) bond motifs is 3. The number of thioether (sulfide) groups is 1. The minimum atomic E-state index is -0.830. The molecule has 0 spiro atoms. The minimum Gasteiger partial charge on any atom is -0.460 e. The highest BCUT2D eigenvalue weighted by atomic mass is 35.5. The van der Waals surface area contributed by atoms with Crippen LogP contribution in [0.2, 0.25) is 5.02 Å². The largest absolute Gasteiger partial charge is 0.460 e. The van der Waals surface area contributed by atoms with Gasteiger partial charge in [-0.15, -0.1) is 10.2 Å². The first kappa shape index (κ1) is 17.8. The number of hydrogen-bond donors (Lipinski definition) is 0. The lowest BCUT2D eigenvalue weighted by Crippen LogP contribution is -2.35. The van der Waals surface area contributed by atoms with Gasteiger partial charge >= 0.3 is 0 Å². The van der Waals surface area contributed by atoms with E-state index < -0.39 is 6.23 Å². The van der Waals surface area contributed by atoms with Gasteiger partial charge in [0, 0.05) is 17.5 Å². The summed E-state index contributed by atoms with van der Waals surface area (Å²) in [5.41, 5.74) is 1.63. The maximum atomic E-state index is 12.6. The van der Waals surface area contributed by atoms with Crippen LogP contribution in [0.1, 0.15) is 24.7 Å². The third-order valence-electron chi connectivity index (χ3n) is 4.09. The molecular formula is C18H15ClN4O3S. The predicted octanol–water partition coefficient (Wildman–Crippen LogP) is 4.26. The van der Waals surface area contributed by atoms with Crippen LogP contribution in [0, 0.1) is 6.92 Å². The second-order valence-corrected chi connectivity index (χ2v) is 7.13. The number of hydrogen-bond acceptors (Lipinski definition) is 7. The highest BCUT2D eigenvalue weighted by Crippen LogP contribution is 2.44. The van der Waals surface area contributed by atoms with Crippen molar-refractivity contribution in [3.05, 3.63) is 46.9 Å². The van der Waals surface area contributed by atoms with E-state index >= 15 is 0 Å². The van der Waals surface area contributed by atoms with Crippen LogP contribution in [0.15, 0.2) is 39.9 Å². The van der Waals surface area contributed by atoms with Crippen molar-refractivity contribution >= 4 is 35.0 Å². The summed E-state index contributed by atoms with van der Waals surface area (Å²) in [6, 6.07) is 8.78. The Morgan fingerprint density at radius 1 is 1.26 bits per heavy atom. The number of rotatable bonds is 2. The molecule has 0 saturated carbocycles. The molecule has 0 fully saturated rings. The van der Waals surface area contributed by atoms with Gasteiger partial charge in [0.2, 0.25) is 23.2 Å². The first-order valence-corrected chi connectivity index (χ1v) is 9.69. The fourth-order valence-corrected chi connectivity index (χ4v) is 3.40. The number of anilines is 1. The van der Waals surface area contributed by atoms with E-state index in [0.29, 0.717) is 38.6 Å². The summed E-state index contributed by atoms with van der Waals surface area (Å²) >= 11 is 7.55. The van der Waals surface area contributed by atoms with E-state index in [0.717, 1.165) is 0 Å². The molecule has 0 aliphatic carbocycles. The van der Waals surface area contributed by atoms with Crippen LogP contribution in [0.4, 0.5) is 5.69 Å². The van der Waals surface area contributed by atoms with Gasteiger partial charge in [0.15, 0.2) is 11.5 Å². The SMILES string of the molecule is CSc1nnc2c(n1)O[C@@H](c1ccc(C)o1)N(C(C)=O)c1ccc(Cl)cc1-2. The third kappa shape index (κ3) is 3.15. The smallest absolute Gasteiger partial charge is 0.247 e. The van der Waals surface area contributed by atoms with E-state index in [1.165, 1.54) is 23.6 Å². The lowest BCUT2D eigenvalue weighted by molar-refractivity contribution is -0.118. The Labute approximate surface area is 164 Å². The lowest BCUT2D eigenvalue weighted by Gasteiger charge is -2.28. The Kier molecular flexibility index (Phi) is 4.53. The van der Waals surface area contributed by atoms with Crippen LogP contribution >= 0.6 is 23.4 Å². The van der Waals surface area contributed by atoms with Crippen molar-refractivity contribution < 1.29 is 13.9 Å². The minimum absolute atomic E-state index is 0.219. The Morgan fingerprint density at radius 2 is 2.07 bits per heavy atom. The van der Waals surface area contributed by atoms with Crippen molar-refractivity contribution in [3.8, 4) is 17.1 Å². The highest BCUT2D eigenvalue weighted by molar-refractivity contribution is 7.98. The first-order valence-electron chi connectivity index (χ1n) is 8.09. The number of carbonyl (C=O) groups is 1. The Hall–Kier alpha value is -2.58. The van der Waals surface area contributed by atoms with Gasteiger partial charge in [-0.1, -0.05) is 23.4 Å². The Bertz CT molecular complexity index is 1040. The molecule has 138 valence electrons. The molecule has 4 rings (SSSR count). The van der Waals surface area contributed by atoms with Crippen molar-refractivity contribution in [3.63, 3.8) is 0 Å². The normalized spacial score (nSPS) is 15.6.